The molecule has 2 aliphatic rings. The van der Waals surface area contributed by atoms with Crippen LogP contribution in [0.3, 0.4) is 0 Å². The minimum Gasteiger partial charge on any atom is -0.382 e. The minimum absolute atomic E-state index is 0.307. The van der Waals surface area contributed by atoms with E-state index in [0.29, 0.717) is 23.2 Å². The summed E-state index contributed by atoms with van der Waals surface area (Å²) in [6, 6.07) is 0. The predicted octanol–water partition coefficient (Wildman–Crippen LogP) is 4.61. The second-order valence-electron chi connectivity index (χ2n) is 7.52. The molecule has 0 saturated heterocycles. The van der Waals surface area contributed by atoms with Gasteiger partial charge in [0.15, 0.2) is 0 Å². The Hall–Kier alpha value is -0.370. The summed E-state index contributed by atoms with van der Waals surface area (Å²) in [5.74, 6) is 2.44. The highest BCUT2D eigenvalue weighted by atomic mass is 16.5. The lowest BCUT2D eigenvalue weighted by atomic mass is 9.62. The first-order chi connectivity index (χ1) is 9.49. The Morgan fingerprint density at radius 3 is 2.75 bits per heavy atom. The van der Waals surface area contributed by atoms with Gasteiger partial charge < -0.3 is 4.74 Å². The second-order valence-corrected chi connectivity index (χ2v) is 7.52. The SMILES string of the molecule is COC(C)CCCC(C)C1CC[C@H]2C(=O)CCC[C@]12C. The summed E-state index contributed by atoms with van der Waals surface area (Å²) in [5.41, 5.74) is 0.307. The van der Waals surface area contributed by atoms with E-state index in [-0.39, 0.29) is 0 Å². The number of hydrogen-bond acceptors (Lipinski definition) is 2. The summed E-state index contributed by atoms with van der Waals surface area (Å²) in [5, 5.41) is 0. The number of ether oxygens (including phenoxy) is 1. The Morgan fingerprint density at radius 2 is 2.05 bits per heavy atom. The smallest absolute Gasteiger partial charge is 0.136 e. The summed E-state index contributed by atoms with van der Waals surface area (Å²) in [6.07, 6.45) is 9.73. The van der Waals surface area contributed by atoms with Crippen molar-refractivity contribution in [1.29, 1.82) is 0 Å². The van der Waals surface area contributed by atoms with Crippen molar-refractivity contribution in [3.8, 4) is 0 Å². The molecule has 2 nitrogen and oxygen atoms in total. The minimum atomic E-state index is 0.307. The number of methoxy groups -OCH3 is 1. The summed E-state index contributed by atoms with van der Waals surface area (Å²) in [7, 11) is 1.80. The molecule has 0 bridgehead atoms. The van der Waals surface area contributed by atoms with Crippen molar-refractivity contribution in [2.75, 3.05) is 7.11 Å². The maximum atomic E-state index is 12.2. The van der Waals surface area contributed by atoms with E-state index in [1.165, 1.54) is 25.7 Å². The van der Waals surface area contributed by atoms with Crippen molar-refractivity contribution in [2.45, 2.75) is 78.2 Å². The third-order valence-corrected chi connectivity index (χ3v) is 6.30. The molecule has 3 unspecified atom stereocenters. The number of rotatable bonds is 6. The monoisotopic (exact) mass is 280 g/mol. The zero-order chi connectivity index (χ0) is 14.8. The third kappa shape index (κ3) is 3.10. The number of fused-ring (bicyclic) bond motifs is 1. The molecule has 0 aliphatic heterocycles. The van der Waals surface area contributed by atoms with Crippen molar-refractivity contribution < 1.29 is 9.53 Å². The lowest BCUT2D eigenvalue weighted by Gasteiger charge is -2.42. The van der Waals surface area contributed by atoms with E-state index in [9.17, 15) is 4.79 Å². The zero-order valence-corrected chi connectivity index (χ0v) is 13.8. The number of carbonyl (C=O) groups is 1. The average Bonchev–Trinajstić information content (AvgIpc) is 2.77. The number of ketones is 1. The number of hydrogen-bond donors (Lipinski definition) is 0. The highest BCUT2D eigenvalue weighted by Crippen LogP contribution is 2.57. The van der Waals surface area contributed by atoms with E-state index in [4.69, 9.17) is 4.74 Å². The fourth-order valence-corrected chi connectivity index (χ4v) is 4.95. The van der Waals surface area contributed by atoms with Gasteiger partial charge in [-0.25, -0.2) is 0 Å². The highest BCUT2D eigenvalue weighted by Gasteiger charge is 2.52. The van der Waals surface area contributed by atoms with E-state index in [1.54, 1.807) is 7.11 Å². The van der Waals surface area contributed by atoms with Crippen LogP contribution in [0.15, 0.2) is 0 Å². The molecule has 116 valence electrons. The first-order valence-corrected chi connectivity index (χ1v) is 8.54. The molecule has 2 saturated carbocycles. The molecule has 2 aliphatic carbocycles. The summed E-state index contributed by atoms with van der Waals surface area (Å²) < 4.78 is 5.33. The van der Waals surface area contributed by atoms with Gasteiger partial charge >= 0.3 is 0 Å². The van der Waals surface area contributed by atoms with Gasteiger partial charge in [0.1, 0.15) is 5.78 Å². The van der Waals surface area contributed by atoms with Crippen molar-refractivity contribution in [3.05, 3.63) is 0 Å². The normalized spacial score (nSPS) is 36.7. The molecule has 0 aromatic rings. The average molecular weight is 280 g/mol. The summed E-state index contributed by atoms with van der Waals surface area (Å²) in [4.78, 5) is 12.2. The fraction of sp³-hybridized carbons (Fsp3) is 0.944. The van der Waals surface area contributed by atoms with Crippen LogP contribution in [-0.2, 0) is 9.53 Å². The number of Topliss-reactive ketones (excluding diaryl/α,β-unsaturated/α-hetero) is 1. The van der Waals surface area contributed by atoms with E-state index in [2.05, 4.69) is 20.8 Å². The van der Waals surface area contributed by atoms with Gasteiger partial charge in [-0.1, -0.05) is 26.7 Å². The van der Waals surface area contributed by atoms with Crippen molar-refractivity contribution in [1.82, 2.24) is 0 Å². The topological polar surface area (TPSA) is 26.3 Å². The van der Waals surface area contributed by atoms with E-state index in [0.717, 1.165) is 37.5 Å². The standard InChI is InChI=1S/C18H32O2/c1-13(7-5-8-14(2)20-4)15-10-11-16-17(19)9-6-12-18(15,16)3/h13-16H,5-12H2,1-4H3/t13?,14?,15?,16-,18+/m0/s1. The Kier molecular flexibility index (Phi) is 5.28. The molecule has 0 spiro atoms. The van der Waals surface area contributed by atoms with Crippen LogP contribution in [0.5, 0.6) is 0 Å². The molecule has 0 aromatic carbocycles. The molecule has 2 fully saturated rings. The molecule has 2 rings (SSSR count). The largest absolute Gasteiger partial charge is 0.382 e. The van der Waals surface area contributed by atoms with Crippen LogP contribution in [0, 0.1) is 23.2 Å². The van der Waals surface area contributed by atoms with Crippen LogP contribution >= 0.6 is 0 Å². The quantitative estimate of drug-likeness (QED) is 0.710. The van der Waals surface area contributed by atoms with Gasteiger partial charge in [0.2, 0.25) is 0 Å². The second kappa shape index (κ2) is 6.60. The molecule has 0 aromatic heterocycles. The Bertz CT molecular complexity index is 338. The van der Waals surface area contributed by atoms with Gasteiger partial charge in [-0.3, -0.25) is 4.79 Å². The highest BCUT2D eigenvalue weighted by molar-refractivity contribution is 5.83. The van der Waals surface area contributed by atoms with Crippen molar-refractivity contribution in [3.63, 3.8) is 0 Å². The maximum absolute atomic E-state index is 12.2. The zero-order valence-electron chi connectivity index (χ0n) is 13.8. The van der Waals surface area contributed by atoms with Gasteiger partial charge in [-0.2, -0.15) is 0 Å². The van der Waals surface area contributed by atoms with Gasteiger partial charge in [-0.15, -0.1) is 0 Å². The lowest BCUT2D eigenvalue weighted by molar-refractivity contribution is -0.130. The van der Waals surface area contributed by atoms with Crippen LogP contribution in [0.1, 0.15) is 72.1 Å². The summed E-state index contributed by atoms with van der Waals surface area (Å²) >= 11 is 0. The van der Waals surface area contributed by atoms with Crippen LogP contribution in [-0.4, -0.2) is 19.0 Å². The molecule has 0 N–H and O–H groups in total. The molecular formula is C18H32O2. The molecule has 5 atom stereocenters. The molecule has 0 radical (unpaired) electrons. The van der Waals surface area contributed by atoms with Gasteiger partial charge in [0.25, 0.3) is 0 Å². The van der Waals surface area contributed by atoms with Crippen molar-refractivity contribution in [2.24, 2.45) is 23.2 Å². The Morgan fingerprint density at radius 1 is 1.30 bits per heavy atom. The van der Waals surface area contributed by atoms with E-state index in [1.807, 2.05) is 0 Å². The molecule has 0 heterocycles. The molecule has 2 heteroatoms. The predicted molar refractivity (Wildman–Crippen MR) is 82.7 cm³/mol. The lowest BCUT2D eigenvalue weighted by Crippen LogP contribution is -2.39. The van der Waals surface area contributed by atoms with Gasteiger partial charge in [0, 0.05) is 19.4 Å². The van der Waals surface area contributed by atoms with Crippen LogP contribution < -0.4 is 0 Å². The first-order valence-electron chi connectivity index (χ1n) is 8.54. The van der Waals surface area contributed by atoms with Gasteiger partial charge in [0.05, 0.1) is 6.10 Å². The van der Waals surface area contributed by atoms with E-state index >= 15 is 0 Å². The Balaban J connectivity index is 1.90. The molecule has 20 heavy (non-hydrogen) atoms. The van der Waals surface area contributed by atoms with Crippen LogP contribution in [0.2, 0.25) is 0 Å². The van der Waals surface area contributed by atoms with Crippen LogP contribution in [0.4, 0.5) is 0 Å². The Labute approximate surface area is 124 Å². The molecule has 0 amide bonds. The number of carbonyl (C=O) groups excluding carboxylic acids is 1. The summed E-state index contributed by atoms with van der Waals surface area (Å²) in [6.45, 7) is 6.97. The third-order valence-electron chi connectivity index (χ3n) is 6.30. The fourth-order valence-electron chi connectivity index (χ4n) is 4.95. The van der Waals surface area contributed by atoms with Crippen LogP contribution in [0.25, 0.3) is 0 Å². The first kappa shape index (κ1) is 16.0. The van der Waals surface area contributed by atoms with Gasteiger partial charge in [-0.05, 0) is 56.3 Å². The maximum Gasteiger partial charge on any atom is 0.136 e. The van der Waals surface area contributed by atoms with Crippen molar-refractivity contribution >= 4 is 5.78 Å². The van der Waals surface area contributed by atoms with E-state index < -0.39 is 0 Å². The molecular weight excluding hydrogens is 248 g/mol.